The molecule has 0 bridgehead atoms. The number of hydrogen-bond donors (Lipinski definition) is 0. The molecule has 0 spiro atoms. The molecule has 0 heterocycles. The lowest BCUT2D eigenvalue weighted by Crippen LogP contribution is -2.01. The highest BCUT2D eigenvalue weighted by atomic mass is 16.5. The molecular formula is C11H13BO. The van der Waals surface area contributed by atoms with E-state index in [9.17, 15) is 0 Å². The average molecular weight is 172 g/mol. The van der Waals surface area contributed by atoms with Crippen LogP contribution in [0.1, 0.15) is 12.5 Å². The Hall–Kier alpha value is -1.02. The number of rotatable bonds is 3. The van der Waals surface area contributed by atoms with Gasteiger partial charge in [0.15, 0.2) is 0 Å². The molecule has 0 N–H and O–H groups in total. The minimum absolute atomic E-state index is 0.640. The smallest absolute Gasteiger partial charge is 0.113 e. The first-order chi connectivity index (χ1) is 6.24. The Kier molecular flexibility index (Phi) is 3.78. The van der Waals surface area contributed by atoms with Gasteiger partial charge in [0, 0.05) is 7.11 Å². The first-order valence-electron chi connectivity index (χ1n) is 4.25. The van der Waals surface area contributed by atoms with Crippen LogP contribution in [0.2, 0.25) is 0 Å². The Morgan fingerprint density at radius 3 is 2.92 bits per heavy atom. The zero-order valence-corrected chi connectivity index (χ0v) is 8.08. The molecule has 0 fully saturated rings. The normalized spacial score (nSPS) is 11.7. The monoisotopic (exact) mass is 172 g/mol. The Balaban J connectivity index is 2.82. The summed E-state index contributed by atoms with van der Waals surface area (Å²) in [7, 11) is 7.35. The van der Waals surface area contributed by atoms with E-state index in [2.05, 4.69) is 0 Å². The van der Waals surface area contributed by atoms with Gasteiger partial charge < -0.3 is 4.74 Å². The highest BCUT2D eigenvalue weighted by Crippen LogP contribution is 2.10. The van der Waals surface area contributed by atoms with Crippen molar-refractivity contribution < 1.29 is 4.74 Å². The summed E-state index contributed by atoms with van der Waals surface area (Å²) in [6.07, 6.45) is 2.04. The molecule has 1 aromatic carbocycles. The predicted molar refractivity (Wildman–Crippen MR) is 57.4 cm³/mol. The van der Waals surface area contributed by atoms with Crippen LogP contribution in [0.4, 0.5) is 0 Å². The van der Waals surface area contributed by atoms with Crippen LogP contribution in [0.25, 0.3) is 5.57 Å². The maximum Gasteiger partial charge on any atom is 0.113 e. The third-order valence-corrected chi connectivity index (χ3v) is 1.90. The van der Waals surface area contributed by atoms with E-state index in [0.717, 1.165) is 11.0 Å². The van der Waals surface area contributed by atoms with Crippen molar-refractivity contribution in [2.75, 3.05) is 13.7 Å². The lowest BCUT2D eigenvalue weighted by atomic mass is 9.92. The summed E-state index contributed by atoms with van der Waals surface area (Å²) < 4.78 is 4.96. The van der Waals surface area contributed by atoms with Crippen molar-refractivity contribution >= 4 is 18.9 Å². The van der Waals surface area contributed by atoms with Gasteiger partial charge in [-0.1, -0.05) is 35.8 Å². The van der Waals surface area contributed by atoms with Crippen LogP contribution >= 0.6 is 0 Å². The Bertz CT molecular complexity index is 305. The van der Waals surface area contributed by atoms with Crippen molar-refractivity contribution in [3.63, 3.8) is 0 Å². The third-order valence-electron chi connectivity index (χ3n) is 1.90. The molecule has 66 valence electrons. The molecule has 0 saturated carbocycles. The fraction of sp³-hybridized carbons (Fsp3) is 0.273. The van der Waals surface area contributed by atoms with Gasteiger partial charge in [-0.05, 0) is 18.1 Å². The molecule has 0 saturated heterocycles. The van der Waals surface area contributed by atoms with Crippen LogP contribution in [0.15, 0.2) is 30.3 Å². The standard InChI is InChI=1S/C11H13BO/c1-9(6-7-13-2)10-4-3-5-11(12)8-10/h3-6,8H,7H2,1-2H3/b9-6+. The minimum Gasteiger partial charge on any atom is -0.381 e. The molecule has 1 rings (SSSR count). The van der Waals surface area contributed by atoms with Gasteiger partial charge in [-0.3, -0.25) is 0 Å². The number of allylic oxidation sites excluding steroid dienone is 1. The molecule has 0 atom stereocenters. The lowest BCUT2D eigenvalue weighted by Gasteiger charge is -2.02. The van der Waals surface area contributed by atoms with Crippen molar-refractivity contribution in [2.45, 2.75) is 6.92 Å². The molecule has 2 radical (unpaired) electrons. The van der Waals surface area contributed by atoms with E-state index in [0.29, 0.717) is 6.61 Å². The summed E-state index contributed by atoms with van der Waals surface area (Å²) in [6, 6.07) is 7.83. The third kappa shape index (κ3) is 3.07. The first-order valence-corrected chi connectivity index (χ1v) is 4.25. The van der Waals surface area contributed by atoms with E-state index in [1.165, 1.54) is 5.57 Å². The van der Waals surface area contributed by atoms with E-state index < -0.39 is 0 Å². The molecule has 1 nitrogen and oxygen atoms in total. The summed E-state index contributed by atoms with van der Waals surface area (Å²) in [6.45, 7) is 2.69. The van der Waals surface area contributed by atoms with Crippen molar-refractivity contribution in [1.29, 1.82) is 0 Å². The maximum atomic E-state index is 5.67. The Morgan fingerprint density at radius 2 is 2.31 bits per heavy atom. The van der Waals surface area contributed by atoms with Crippen LogP contribution in [-0.2, 0) is 4.74 Å². The summed E-state index contributed by atoms with van der Waals surface area (Å²) in [5, 5.41) is 0. The zero-order valence-electron chi connectivity index (χ0n) is 8.08. The molecule has 2 heteroatoms. The largest absolute Gasteiger partial charge is 0.381 e. The molecule has 13 heavy (non-hydrogen) atoms. The fourth-order valence-corrected chi connectivity index (χ4v) is 1.11. The van der Waals surface area contributed by atoms with E-state index in [4.69, 9.17) is 12.6 Å². The van der Waals surface area contributed by atoms with Crippen molar-refractivity contribution in [3.05, 3.63) is 35.9 Å². The molecule has 0 aliphatic rings. The van der Waals surface area contributed by atoms with Gasteiger partial charge in [-0.2, -0.15) is 0 Å². The first kappa shape index (κ1) is 10.1. The van der Waals surface area contributed by atoms with Crippen molar-refractivity contribution in [1.82, 2.24) is 0 Å². The number of methoxy groups -OCH3 is 1. The van der Waals surface area contributed by atoms with Crippen molar-refractivity contribution in [2.24, 2.45) is 0 Å². The number of ether oxygens (including phenoxy) is 1. The minimum atomic E-state index is 0.640. The van der Waals surface area contributed by atoms with Gasteiger partial charge in [-0.25, -0.2) is 0 Å². The second-order valence-electron chi connectivity index (χ2n) is 2.97. The van der Waals surface area contributed by atoms with Gasteiger partial charge in [0.25, 0.3) is 0 Å². The van der Waals surface area contributed by atoms with E-state index in [1.807, 2.05) is 37.3 Å². The SMILES string of the molecule is [B]c1cccc(/C(C)=C/COC)c1. The maximum absolute atomic E-state index is 5.67. The Labute approximate surface area is 80.8 Å². The second kappa shape index (κ2) is 4.88. The van der Waals surface area contributed by atoms with Gasteiger partial charge in [0.1, 0.15) is 7.85 Å². The highest BCUT2D eigenvalue weighted by Gasteiger charge is 1.94. The molecule has 0 aromatic heterocycles. The highest BCUT2D eigenvalue weighted by molar-refractivity contribution is 6.32. The number of benzene rings is 1. The summed E-state index contributed by atoms with van der Waals surface area (Å²) in [5.41, 5.74) is 3.13. The van der Waals surface area contributed by atoms with E-state index >= 15 is 0 Å². The number of hydrogen-bond acceptors (Lipinski definition) is 1. The molecule has 0 amide bonds. The second-order valence-corrected chi connectivity index (χ2v) is 2.97. The summed E-state index contributed by atoms with van der Waals surface area (Å²) >= 11 is 0. The predicted octanol–water partition coefficient (Wildman–Crippen LogP) is 1.53. The van der Waals surface area contributed by atoms with Gasteiger partial charge in [0.05, 0.1) is 6.61 Å². The summed E-state index contributed by atoms with van der Waals surface area (Å²) in [4.78, 5) is 0. The topological polar surface area (TPSA) is 9.23 Å². The van der Waals surface area contributed by atoms with Crippen LogP contribution in [-0.4, -0.2) is 21.6 Å². The van der Waals surface area contributed by atoms with Crippen molar-refractivity contribution in [3.8, 4) is 0 Å². The fourth-order valence-electron chi connectivity index (χ4n) is 1.11. The van der Waals surface area contributed by atoms with Crippen LogP contribution < -0.4 is 5.46 Å². The van der Waals surface area contributed by atoms with Crippen LogP contribution in [0.3, 0.4) is 0 Å². The molecule has 0 aliphatic heterocycles. The summed E-state index contributed by atoms with van der Waals surface area (Å²) in [5.74, 6) is 0. The van der Waals surface area contributed by atoms with Crippen LogP contribution in [0, 0.1) is 0 Å². The zero-order chi connectivity index (χ0) is 9.68. The Morgan fingerprint density at radius 1 is 1.54 bits per heavy atom. The van der Waals surface area contributed by atoms with E-state index in [-0.39, 0.29) is 0 Å². The van der Waals surface area contributed by atoms with Gasteiger partial charge in [0.2, 0.25) is 0 Å². The lowest BCUT2D eigenvalue weighted by molar-refractivity contribution is 0.234. The van der Waals surface area contributed by atoms with Gasteiger partial charge in [-0.15, -0.1) is 0 Å². The average Bonchev–Trinajstić information content (AvgIpc) is 2.14. The molecule has 1 aromatic rings. The molecular weight excluding hydrogens is 159 g/mol. The molecule has 0 unspecified atom stereocenters. The van der Waals surface area contributed by atoms with Crippen LogP contribution in [0.5, 0.6) is 0 Å². The van der Waals surface area contributed by atoms with Gasteiger partial charge >= 0.3 is 0 Å². The quantitative estimate of drug-likeness (QED) is 0.628. The van der Waals surface area contributed by atoms with E-state index in [1.54, 1.807) is 7.11 Å². The molecule has 0 aliphatic carbocycles.